The molecule has 0 aliphatic rings. The average Bonchev–Trinajstić information content (AvgIpc) is 2.49. The Bertz CT molecular complexity index is 363. The summed E-state index contributed by atoms with van der Waals surface area (Å²) in [5.41, 5.74) is 0.599. The third kappa shape index (κ3) is 6.31. The second kappa shape index (κ2) is 12.1. The van der Waals surface area contributed by atoms with E-state index >= 15 is 0 Å². The molecule has 0 bridgehead atoms. The molecule has 116 valence electrons. The average molecular weight is 286 g/mol. The molecule has 0 saturated carbocycles. The fourth-order valence-electron chi connectivity index (χ4n) is 1.41. The summed E-state index contributed by atoms with van der Waals surface area (Å²) in [7, 11) is 4.47. The maximum atomic E-state index is 10.6. The molecule has 1 rings (SSSR count). The SMILES string of the molecule is CC.CC.COc1cc(CC(=O)O)cc(OC)c1OC. The van der Waals surface area contributed by atoms with Crippen LogP contribution >= 0.6 is 0 Å². The van der Waals surface area contributed by atoms with Gasteiger partial charge in [0.1, 0.15) is 0 Å². The van der Waals surface area contributed by atoms with Crippen molar-refractivity contribution in [3.05, 3.63) is 17.7 Å². The van der Waals surface area contributed by atoms with E-state index in [1.807, 2.05) is 27.7 Å². The number of carboxylic acids is 1. The van der Waals surface area contributed by atoms with Gasteiger partial charge in [0, 0.05) is 0 Å². The van der Waals surface area contributed by atoms with Crippen LogP contribution in [0.2, 0.25) is 0 Å². The van der Waals surface area contributed by atoms with E-state index in [9.17, 15) is 4.79 Å². The second-order valence-electron chi connectivity index (χ2n) is 3.10. The summed E-state index contributed by atoms with van der Waals surface area (Å²) in [6.45, 7) is 8.00. The molecular weight excluding hydrogens is 260 g/mol. The molecule has 0 aliphatic carbocycles. The molecule has 0 saturated heterocycles. The maximum Gasteiger partial charge on any atom is 0.307 e. The van der Waals surface area contributed by atoms with Crippen LogP contribution in [0.3, 0.4) is 0 Å². The van der Waals surface area contributed by atoms with E-state index in [0.717, 1.165) is 0 Å². The van der Waals surface area contributed by atoms with Crippen molar-refractivity contribution < 1.29 is 24.1 Å². The number of carboxylic acid groups (broad SMARTS) is 1. The Morgan fingerprint density at radius 1 is 0.950 bits per heavy atom. The van der Waals surface area contributed by atoms with Crippen molar-refractivity contribution in [1.29, 1.82) is 0 Å². The first-order valence-corrected chi connectivity index (χ1v) is 6.63. The number of aliphatic carboxylic acids is 1. The Morgan fingerprint density at radius 3 is 1.60 bits per heavy atom. The minimum atomic E-state index is -0.908. The number of carbonyl (C=O) groups is 1. The molecule has 0 atom stereocenters. The van der Waals surface area contributed by atoms with Crippen LogP contribution in [0.5, 0.6) is 17.2 Å². The van der Waals surface area contributed by atoms with Gasteiger partial charge in [0.2, 0.25) is 5.75 Å². The molecule has 1 N–H and O–H groups in total. The van der Waals surface area contributed by atoms with E-state index in [1.54, 1.807) is 12.1 Å². The van der Waals surface area contributed by atoms with Gasteiger partial charge in [0.15, 0.2) is 11.5 Å². The number of hydrogen-bond acceptors (Lipinski definition) is 4. The Morgan fingerprint density at radius 2 is 1.35 bits per heavy atom. The Hall–Kier alpha value is -1.91. The van der Waals surface area contributed by atoms with Crippen molar-refractivity contribution in [2.45, 2.75) is 34.1 Å². The zero-order chi connectivity index (χ0) is 16.1. The zero-order valence-corrected chi connectivity index (χ0v) is 13.4. The molecule has 0 fully saturated rings. The Balaban J connectivity index is 0. The van der Waals surface area contributed by atoms with Crippen LogP contribution in [-0.4, -0.2) is 32.4 Å². The van der Waals surface area contributed by atoms with Gasteiger partial charge in [-0.2, -0.15) is 0 Å². The van der Waals surface area contributed by atoms with E-state index in [0.29, 0.717) is 22.8 Å². The van der Waals surface area contributed by atoms with Crippen molar-refractivity contribution in [1.82, 2.24) is 0 Å². The van der Waals surface area contributed by atoms with E-state index in [2.05, 4.69) is 0 Å². The number of ether oxygens (including phenoxy) is 3. The topological polar surface area (TPSA) is 65.0 Å². The van der Waals surface area contributed by atoms with Gasteiger partial charge in [0.05, 0.1) is 27.8 Å². The van der Waals surface area contributed by atoms with Gasteiger partial charge in [0.25, 0.3) is 0 Å². The molecule has 0 aromatic heterocycles. The van der Waals surface area contributed by atoms with Crippen molar-refractivity contribution >= 4 is 5.97 Å². The van der Waals surface area contributed by atoms with Gasteiger partial charge >= 0.3 is 5.97 Å². The van der Waals surface area contributed by atoms with Crippen molar-refractivity contribution in [3.8, 4) is 17.2 Å². The van der Waals surface area contributed by atoms with Crippen LogP contribution in [0.1, 0.15) is 33.3 Å². The largest absolute Gasteiger partial charge is 0.493 e. The summed E-state index contributed by atoms with van der Waals surface area (Å²) >= 11 is 0. The van der Waals surface area contributed by atoms with Crippen LogP contribution in [0.4, 0.5) is 0 Å². The molecule has 0 aliphatic heterocycles. The highest BCUT2D eigenvalue weighted by Crippen LogP contribution is 2.38. The maximum absolute atomic E-state index is 10.6. The number of benzene rings is 1. The lowest BCUT2D eigenvalue weighted by Gasteiger charge is -2.13. The highest BCUT2D eigenvalue weighted by Gasteiger charge is 2.14. The minimum Gasteiger partial charge on any atom is -0.493 e. The summed E-state index contributed by atoms with van der Waals surface area (Å²) < 4.78 is 15.3. The van der Waals surface area contributed by atoms with Crippen LogP contribution in [0, 0.1) is 0 Å². The minimum absolute atomic E-state index is 0.0866. The van der Waals surface area contributed by atoms with Gasteiger partial charge in [-0.05, 0) is 17.7 Å². The Labute approximate surface area is 121 Å². The molecule has 5 nitrogen and oxygen atoms in total. The molecule has 1 aromatic rings. The van der Waals surface area contributed by atoms with Crippen molar-refractivity contribution in [2.24, 2.45) is 0 Å². The fraction of sp³-hybridized carbons (Fsp3) is 0.533. The molecular formula is C15H26O5. The number of hydrogen-bond donors (Lipinski definition) is 1. The van der Waals surface area contributed by atoms with Crippen molar-refractivity contribution in [2.75, 3.05) is 21.3 Å². The summed E-state index contributed by atoms with van der Waals surface area (Å²) in [5, 5.41) is 8.71. The summed E-state index contributed by atoms with van der Waals surface area (Å²) in [6.07, 6.45) is -0.0866. The third-order valence-electron chi connectivity index (χ3n) is 2.08. The summed E-state index contributed by atoms with van der Waals surface area (Å²) in [6, 6.07) is 3.24. The van der Waals surface area contributed by atoms with Crippen LogP contribution in [-0.2, 0) is 11.2 Å². The van der Waals surface area contributed by atoms with Gasteiger partial charge in [-0.1, -0.05) is 27.7 Å². The standard InChI is InChI=1S/C11H14O5.2C2H6/c1-14-8-4-7(6-10(12)13)5-9(15-2)11(8)16-3;2*1-2/h4-5H,6H2,1-3H3,(H,12,13);2*1-2H3. The van der Waals surface area contributed by atoms with Crippen LogP contribution in [0.25, 0.3) is 0 Å². The fourth-order valence-corrected chi connectivity index (χ4v) is 1.41. The van der Waals surface area contributed by atoms with Gasteiger partial charge in [-0.3, -0.25) is 4.79 Å². The lowest BCUT2D eigenvalue weighted by atomic mass is 10.1. The van der Waals surface area contributed by atoms with Gasteiger partial charge in [-0.15, -0.1) is 0 Å². The van der Waals surface area contributed by atoms with Gasteiger partial charge in [-0.25, -0.2) is 0 Å². The highest BCUT2D eigenvalue weighted by molar-refractivity contribution is 5.71. The normalized spacial score (nSPS) is 8.35. The number of methoxy groups -OCH3 is 3. The second-order valence-corrected chi connectivity index (χ2v) is 3.10. The van der Waals surface area contributed by atoms with Crippen LogP contribution < -0.4 is 14.2 Å². The molecule has 1 aromatic carbocycles. The first-order chi connectivity index (χ1) is 9.62. The lowest BCUT2D eigenvalue weighted by molar-refractivity contribution is -0.136. The molecule has 0 heterocycles. The first kappa shape index (κ1) is 20.4. The van der Waals surface area contributed by atoms with E-state index in [-0.39, 0.29) is 6.42 Å². The van der Waals surface area contributed by atoms with E-state index in [4.69, 9.17) is 19.3 Å². The highest BCUT2D eigenvalue weighted by atomic mass is 16.5. The summed E-state index contributed by atoms with van der Waals surface area (Å²) in [5.74, 6) is 0.463. The van der Waals surface area contributed by atoms with Crippen LogP contribution in [0.15, 0.2) is 12.1 Å². The first-order valence-electron chi connectivity index (χ1n) is 6.63. The summed E-state index contributed by atoms with van der Waals surface area (Å²) in [4.78, 5) is 10.6. The Kier molecular flexibility index (Phi) is 12.4. The monoisotopic (exact) mass is 286 g/mol. The van der Waals surface area contributed by atoms with E-state index in [1.165, 1.54) is 21.3 Å². The predicted octanol–water partition coefficient (Wildman–Crippen LogP) is 3.39. The van der Waals surface area contributed by atoms with Crippen molar-refractivity contribution in [3.63, 3.8) is 0 Å². The molecule has 5 heteroatoms. The van der Waals surface area contributed by atoms with Gasteiger partial charge < -0.3 is 19.3 Å². The predicted molar refractivity (Wildman–Crippen MR) is 80.1 cm³/mol. The third-order valence-corrected chi connectivity index (χ3v) is 2.08. The molecule has 0 spiro atoms. The molecule has 0 radical (unpaired) electrons. The molecule has 0 unspecified atom stereocenters. The molecule has 0 amide bonds. The van der Waals surface area contributed by atoms with E-state index < -0.39 is 5.97 Å². The lowest BCUT2D eigenvalue weighted by Crippen LogP contribution is -2.02. The quantitative estimate of drug-likeness (QED) is 0.898. The smallest absolute Gasteiger partial charge is 0.307 e. The zero-order valence-electron chi connectivity index (χ0n) is 13.4. The molecule has 20 heavy (non-hydrogen) atoms. The number of rotatable bonds is 5.